The molecule has 1 heterocycles. The highest BCUT2D eigenvalue weighted by Crippen LogP contribution is 2.28. The van der Waals surface area contributed by atoms with Gasteiger partial charge >= 0.3 is 0 Å². The first kappa shape index (κ1) is 17.6. The van der Waals surface area contributed by atoms with Crippen LogP contribution >= 0.6 is 0 Å². The highest BCUT2D eigenvalue weighted by molar-refractivity contribution is 5.81. The lowest BCUT2D eigenvalue weighted by atomic mass is 10.2. The summed E-state index contributed by atoms with van der Waals surface area (Å²) in [4.78, 5) is 18.2. The number of carbonyl (C=O) groups excluding carboxylic acids is 1. The van der Waals surface area contributed by atoms with E-state index in [1.807, 2.05) is 37.2 Å². The molecule has 0 aliphatic carbocycles. The fraction of sp³-hybridized carbons (Fsp3) is 0.588. The number of para-hydroxylation sites is 2. The summed E-state index contributed by atoms with van der Waals surface area (Å²) in [6.45, 7) is 6.28. The van der Waals surface area contributed by atoms with Gasteiger partial charge in [-0.05, 0) is 33.2 Å². The predicted octanol–water partition coefficient (Wildman–Crippen LogP) is 0.623. The van der Waals surface area contributed by atoms with Crippen molar-refractivity contribution in [2.45, 2.75) is 13.0 Å². The van der Waals surface area contributed by atoms with Crippen molar-refractivity contribution in [3.63, 3.8) is 0 Å². The van der Waals surface area contributed by atoms with E-state index < -0.39 is 6.04 Å². The molecule has 1 saturated heterocycles. The fourth-order valence-corrected chi connectivity index (χ4v) is 2.63. The number of nitrogens with zero attached hydrogens (tertiary/aromatic N) is 3. The third-order valence-electron chi connectivity index (χ3n) is 3.98. The molecule has 6 nitrogen and oxygen atoms in total. The number of anilines is 1. The van der Waals surface area contributed by atoms with Crippen LogP contribution in [0.15, 0.2) is 24.3 Å². The standard InChI is InChI=1S/C17H28N4O2/c1-14(18)17(22)21-10-8-20(9-11-21)15-6-4-5-7-16(15)23-13-12-19(2)3/h4-7,14H,8-13,18H2,1-3H3. The lowest BCUT2D eigenvalue weighted by Crippen LogP contribution is -2.52. The normalized spacial score (nSPS) is 16.6. The van der Waals surface area contributed by atoms with E-state index in [0.29, 0.717) is 19.7 Å². The Bertz CT molecular complexity index is 511. The van der Waals surface area contributed by atoms with Gasteiger partial charge in [-0.1, -0.05) is 12.1 Å². The predicted molar refractivity (Wildman–Crippen MR) is 92.9 cm³/mol. The second kappa shape index (κ2) is 8.17. The number of rotatable bonds is 6. The van der Waals surface area contributed by atoms with Crippen LogP contribution in [0.2, 0.25) is 0 Å². The van der Waals surface area contributed by atoms with Crippen LogP contribution in [0.5, 0.6) is 5.75 Å². The number of likely N-dealkylation sites (N-methyl/N-ethyl adjacent to an activating group) is 1. The molecular weight excluding hydrogens is 292 g/mol. The van der Waals surface area contributed by atoms with Crippen molar-refractivity contribution in [3.05, 3.63) is 24.3 Å². The Kier molecular flexibility index (Phi) is 6.24. The van der Waals surface area contributed by atoms with Crippen LogP contribution in [-0.2, 0) is 4.79 Å². The van der Waals surface area contributed by atoms with Crippen LogP contribution in [0.3, 0.4) is 0 Å². The van der Waals surface area contributed by atoms with E-state index in [2.05, 4.69) is 15.9 Å². The molecule has 1 fully saturated rings. The summed E-state index contributed by atoms with van der Waals surface area (Å²) in [6, 6.07) is 7.67. The smallest absolute Gasteiger partial charge is 0.239 e. The molecule has 1 amide bonds. The third kappa shape index (κ3) is 4.84. The molecule has 2 rings (SSSR count). The van der Waals surface area contributed by atoms with E-state index in [9.17, 15) is 4.79 Å². The maximum Gasteiger partial charge on any atom is 0.239 e. The Morgan fingerprint density at radius 3 is 2.52 bits per heavy atom. The van der Waals surface area contributed by atoms with Crippen molar-refractivity contribution in [2.24, 2.45) is 5.73 Å². The number of hydrogen-bond donors (Lipinski definition) is 1. The Balaban J connectivity index is 1.96. The van der Waals surface area contributed by atoms with E-state index in [-0.39, 0.29) is 5.91 Å². The summed E-state index contributed by atoms with van der Waals surface area (Å²) >= 11 is 0. The van der Waals surface area contributed by atoms with Crippen molar-refractivity contribution < 1.29 is 9.53 Å². The molecule has 23 heavy (non-hydrogen) atoms. The SMILES string of the molecule is CC(N)C(=O)N1CCN(c2ccccc2OCCN(C)C)CC1. The number of benzene rings is 1. The van der Waals surface area contributed by atoms with Gasteiger partial charge in [-0.3, -0.25) is 4.79 Å². The van der Waals surface area contributed by atoms with Crippen molar-refractivity contribution in [1.82, 2.24) is 9.80 Å². The number of amides is 1. The van der Waals surface area contributed by atoms with Gasteiger partial charge in [0.05, 0.1) is 11.7 Å². The van der Waals surface area contributed by atoms with Gasteiger partial charge in [-0.2, -0.15) is 0 Å². The molecule has 128 valence electrons. The molecule has 1 unspecified atom stereocenters. The molecule has 0 spiro atoms. The number of nitrogens with two attached hydrogens (primary N) is 1. The van der Waals surface area contributed by atoms with E-state index in [4.69, 9.17) is 10.5 Å². The van der Waals surface area contributed by atoms with Gasteiger partial charge < -0.3 is 25.2 Å². The Hall–Kier alpha value is -1.79. The zero-order valence-corrected chi connectivity index (χ0v) is 14.4. The van der Waals surface area contributed by atoms with Crippen LogP contribution < -0.4 is 15.4 Å². The van der Waals surface area contributed by atoms with E-state index in [0.717, 1.165) is 31.1 Å². The van der Waals surface area contributed by atoms with Crippen LogP contribution in [0.1, 0.15) is 6.92 Å². The van der Waals surface area contributed by atoms with Gasteiger partial charge in [-0.25, -0.2) is 0 Å². The molecule has 1 aliphatic rings. The van der Waals surface area contributed by atoms with Crippen molar-refractivity contribution in [2.75, 3.05) is 58.3 Å². The first-order valence-corrected chi connectivity index (χ1v) is 8.15. The highest BCUT2D eigenvalue weighted by Gasteiger charge is 2.24. The first-order valence-electron chi connectivity index (χ1n) is 8.15. The Labute approximate surface area is 138 Å². The molecule has 0 bridgehead atoms. The van der Waals surface area contributed by atoms with Crippen molar-refractivity contribution in [3.8, 4) is 5.75 Å². The highest BCUT2D eigenvalue weighted by atomic mass is 16.5. The lowest BCUT2D eigenvalue weighted by molar-refractivity contribution is -0.132. The Morgan fingerprint density at radius 1 is 1.26 bits per heavy atom. The molecule has 1 aromatic rings. The summed E-state index contributed by atoms with van der Waals surface area (Å²) in [5.41, 5.74) is 6.78. The van der Waals surface area contributed by atoms with E-state index >= 15 is 0 Å². The fourth-order valence-electron chi connectivity index (χ4n) is 2.63. The number of carbonyl (C=O) groups is 1. The molecule has 0 saturated carbocycles. The molecule has 1 aliphatic heterocycles. The van der Waals surface area contributed by atoms with Crippen LogP contribution in [0.25, 0.3) is 0 Å². The summed E-state index contributed by atoms with van der Waals surface area (Å²) in [7, 11) is 4.06. The molecule has 0 aromatic heterocycles. The topological polar surface area (TPSA) is 62.0 Å². The summed E-state index contributed by atoms with van der Waals surface area (Å²) < 4.78 is 5.93. The van der Waals surface area contributed by atoms with Gasteiger partial charge in [0.15, 0.2) is 0 Å². The van der Waals surface area contributed by atoms with E-state index in [1.54, 1.807) is 6.92 Å². The minimum absolute atomic E-state index is 0.0279. The first-order chi connectivity index (χ1) is 11.0. The number of hydrogen-bond acceptors (Lipinski definition) is 5. The molecule has 1 atom stereocenters. The monoisotopic (exact) mass is 320 g/mol. The largest absolute Gasteiger partial charge is 0.490 e. The minimum Gasteiger partial charge on any atom is -0.490 e. The minimum atomic E-state index is -0.428. The molecular formula is C17H28N4O2. The number of ether oxygens (including phenoxy) is 1. The second-order valence-electron chi connectivity index (χ2n) is 6.22. The van der Waals surface area contributed by atoms with Gasteiger partial charge in [0.1, 0.15) is 12.4 Å². The summed E-state index contributed by atoms with van der Waals surface area (Å²) in [5.74, 6) is 0.932. The van der Waals surface area contributed by atoms with Gasteiger partial charge in [-0.15, -0.1) is 0 Å². The Morgan fingerprint density at radius 2 is 1.91 bits per heavy atom. The molecule has 1 aromatic carbocycles. The molecule has 0 radical (unpaired) electrons. The van der Waals surface area contributed by atoms with Crippen LogP contribution in [-0.4, -0.2) is 75.2 Å². The summed E-state index contributed by atoms with van der Waals surface area (Å²) in [5, 5.41) is 0. The van der Waals surface area contributed by atoms with E-state index in [1.165, 1.54) is 0 Å². The zero-order chi connectivity index (χ0) is 16.8. The third-order valence-corrected chi connectivity index (χ3v) is 3.98. The summed E-state index contributed by atoms with van der Waals surface area (Å²) in [6.07, 6.45) is 0. The zero-order valence-electron chi connectivity index (χ0n) is 14.4. The van der Waals surface area contributed by atoms with Gasteiger partial charge in [0.25, 0.3) is 0 Å². The van der Waals surface area contributed by atoms with Crippen LogP contribution in [0.4, 0.5) is 5.69 Å². The van der Waals surface area contributed by atoms with Crippen LogP contribution in [0, 0.1) is 0 Å². The lowest BCUT2D eigenvalue weighted by Gasteiger charge is -2.37. The van der Waals surface area contributed by atoms with Crippen molar-refractivity contribution >= 4 is 11.6 Å². The maximum absolute atomic E-state index is 12.0. The average molecular weight is 320 g/mol. The molecule has 2 N–H and O–H groups in total. The maximum atomic E-state index is 12.0. The van der Waals surface area contributed by atoms with Gasteiger partial charge in [0, 0.05) is 32.7 Å². The average Bonchev–Trinajstić information content (AvgIpc) is 2.54. The quantitative estimate of drug-likeness (QED) is 0.833. The second-order valence-corrected chi connectivity index (χ2v) is 6.22. The van der Waals surface area contributed by atoms with Crippen molar-refractivity contribution in [1.29, 1.82) is 0 Å². The van der Waals surface area contributed by atoms with Gasteiger partial charge in [0.2, 0.25) is 5.91 Å². The molecule has 6 heteroatoms. The number of piperazine rings is 1.